The number of carboxylic acids is 1. The lowest BCUT2D eigenvalue weighted by molar-refractivity contribution is -0.143. The van der Waals surface area contributed by atoms with E-state index in [4.69, 9.17) is 5.11 Å². The van der Waals surface area contributed by atoms with Crippen molar-refractivity contribution in [2.45, 2.75) is 44.9 Å². The minimum atomic E-state index is -3.47. The molecule has 0 aromatic heterocycles. The van der Waals surface area contributed by atoms with E-state index in [0.717, 1.165) is 10.7 Å². The fraction of sp³-hybridized carbons (Fsp3) is 0.900. The van der Waals surface area contributed by atoms with Crippen LogP contribution in [0, 0.1) is 5.92 Å². The maximum Gasteiger partial charge on any atom is 0.322 e. The number of hydrogen-bond donors (Lipinski definition) is 1. The molecule has 0 aromatic carbocycles. The Labute approximate surface area is 96.5 Å². The lowest BCUT2D eigenvalue weighted by Gasteiger charge is -2.35. The van der Waals surface area contributed by atoms with Crippen LogP contribution in [0.3, 0.4) is 0 Å². The van der Waals surface area contributed by atoms with Gasteiger partial charge in [-0.05, 0) is 32.6 Å². The van der Waals surface area contributed by atoms with Gasteiger partial charge in [-0.25, -0.2) is 8.42 Å². The van der Waals surface area contributed by atoms with Gasteiger partial charge in [-0.3, -0.25) is 4.79 Å². The first-order valence-electron chi connectivity index (χ1n) is 5.50. The van der Waals surface area contributed by atoms with Crippen LogP contribution in [0.4, 0.5) is 0 Å². The van der Waals surface area contributed by atoms with E-state index >= 15 is 0 Å². The average molecular weight is 249 g/mol. The molecule has 0 aromatic rings. The normalized spacial score (nSPS) is 28.2. The third-order valence-corrected chi connectivity index (χ3v) is 5.31. The van der Waals surface area contributed by atoms with Crippen LogP contribution in [0.25, 0.3) is 0 Å². The number of piperidine rings is 1. The lowest BCUT2D eigenvalue weighted by atomic mass is 9.94. The Morgan fingerprint density at radius 3 is 2.44 bits per heavy atom. The molecule has 2 atom stereocenters. The molecular weight excluding hydrogens is 230 g/mol. The zero-order valence-electron chi connectivity index (χ0n) is 9.88. The lowest BCUT2D eigenvalue weighted by Crippen LogP contribution is -2.51. The van der Waals surface area contributed by atoms with Crippen molar-refractivity contribution in [2.24, 2.45) is 5.92 Å². The van der Waals surface area contributed by atoms with Gasteiger partial charge in [0.05, 0.1) is 5.25 Å². The van der Waals surface area contributed by atoms with Gasteiger partial charge >= 0.3 is 5.97 Å². The molecule has 0 bridgehead atoms. The predicted molar refractivity (Wildman–Crippen MR) is 60.6 cm³/mol. The molecule has 1 aliphatic heterocycles. The van der Waals surface area contributed by atoms with E-state index in [1.165, 1.54) is 0 Å². The molecule has 16 heavy (non-hydrogen) atoms. The molecule has 0 radical (unpaired) electrons. The quantitative estimate of drug-likeness (QED) is 0.806. The first-order chi connectivity index (χ1) is 7.26. The van der Waals surface area contributed by atoms with Crippen LogP contribution in [-0.4, -0.2) is 41.6 Å². The molecule has 2 unspecified atom stereocenters. The number of aliphatic carboxylic acids is 1. The summed E-state index contributed by atoms with van der Waals surface area (Å²) in [5, 5.41) is 8.50. The number of hydrogen-bond acceptors (Lipinski definition) is 3. The van der Waals surface area contributed by atoms with Crippen LogP contribution in [0.1, 0.15) is 33.6 Å². The molecule has 94 valence electrons. The van der Waals surface area contributed by atoms with Crippen molar-refractivity contribution in [1.29, 1.82) is 0 Å². The summed E-state index contributed by atoms with van der Waals surface area (Å²) >= 11 is 0. The summed E-state index contributed by atoms with van der Waals surface area (Å²) in [7, 11) is -3.47. The van der Waals surface area contributed by atoms with Crippen LogP contribution >= 0.6 is 0 Å². The van der Waals surface area contributed by atoms with Gasteiger partial charge in [0.15, 0.2) is 0 Å². The molecule has 5 nitrogen and oxygen atoms in total. The van der Waals surface area contributed by atoms with Gasteiger partial charge in [-0.2, -0.15) is 4.31 Å². The Kier molecular flexibility index (Phi) is 3.96. The number of nitrogens with zero attached hydrogens (tertiary/aromatic N) is 1. The molecular formula is C10H19NO4S. The van der Waals surface area contributed by atoms with Crippen molar-refractivity contribution in [3.05, 3.63) is 0 Å². The van der Waals surface area contributed by atoms with E-state index in [1.807, 2.05) is 6.92 Å². The van der Waals surface area contributed by atoms with Crippen molar-refractivity contribution in [1.82, 2.24) is 4.31 Å². The van der Waals surface area contributed by atoms with Gasteiger partial charge in [0.25, 0.3) is 0 Å². The SMILES string of the molecule is CC1CCN(S(=O)(=O)C(C)C)C(C(=O)O)C1. The Morgan fingerprint density at radius 2 is 2.00 bits per heavy atom. The molecule has 0 aliphatic carbocycles. The second-order valence-electron chi connectivity index (χ2n) is 4.69. The van der Waals surface area contributed by atoms with Gasteiger partial charge in [-0.15, -0.1) is 0 Å². The smallest absolute Gasteiger partial charge is 0.322 e. The highest BCUT2D eigenvalue weighted by atomic mass is 32.2. The van der Waals surface area contributed by atoms with Crippen LogP contribution in [0.5, 0.6) is 0 Å². The maximum atomic E-state index is 12.0. The fourth-order valence-corrected chi connectivity index (χ4v) is 3.35. The van der Waals surface area contributed by atoms with E-state index in [1.54, 1.807) is 13.8 Å². The Bertz CT molecular complexity index is 363. The minimum absolute atomic E-state index is 0.264. The van der Waals surface area contributed by atoms with Crippen molar-refractivity contribution >= 4 is 16.0 Å². The standard InChI is InChI=1S/C10H19NO4S/c1-7(2)16(14,15)11-5-4-8(3)6-9(11)10(12)13/h7-9H,4-6H2,1-3H3,(H,12,13). The zero-order valence-corrected chi connectivity index (χ0v) is 10.7. The molecule has 1 fully saturated rings. The monoisotopic (exact) mass is 249 g/mol. The van der Waals surface area contributed by atoms with Gasteiger partial charge in [-0.1, -0.05) is 6.92 Å². The Balaban J connectivity index is 2.98. The highest BCUT2D eigenvalue weighted by Gasteiger charge is 2.39. The van der Waals surface area contributed by atoms with Gasteiger partial charge in [0.2, 0.25) is 10.0 Å². The molecule has 1 N–H and O–H groups in total. The van der Waals surface area contributed by atoms with Crippen molar-refractivity contribution in [2.75, 3.05) is 6.54 Å². The summed E-state index contributed by atoms with van der Waals surface area (Å²) in [5.41, 5.74) is 0. The van der Waals surface area contributed by atoms with Gasteiger partial charge < -0.3 is 5.11 Å². The first-order valence-corrected chi connectivity index (χ1v) is 7.00. The van der Waals surface area contributed by atoms with Crippen molar-refractivity contribution in [3.8, 4) is 0 Å². The number of sulfonamides is 1. The second-order valence-corrected chi connectivity index (χ2v) is 7.13. The van der Waals surface area contributed by atoms with Gasteiger partial charge in [0.1, 0.15) is 6.04 Å². The average Bonchev–Trinajstić information content (AvgIpc) is 2.16. The summed E-state index contributed by atoms with van der Waals surface area (Å²) in [5.74, 6) is -0.782. The third kappa shape index (κ3) is 2.55. The molecule has 1 heterocycles. The highest BCUT2D eigenvalue weighted by molar-refractivity contribution is 7.89. The largest absolute Gasteiger partial charge is 0.480 e. The molecule has 1 saturated heterocycles. The molecule has 6 heteroatoms. The van der Waals surface area contributed by atoms with E-state index in [2.05, 4.69) is 0 Å². The van der Waals surface area contributed by atoms with Gasteiger partial charge in [0, 0.05) is 6.54 Å². The molecule has 1 aliphatic rings. The minimum Gasteiger partial charge on any atom is -0.480 e. The van der Waals surface area contributed by atoms with Crippen LogP contribution < -0.4 is 0 Å². The Morgan fingerprint density at radius 1 is 1.44 bits per heavy atom. The summed E-state index contributed by atoms with van der Waals surface area (Å²) < 4.78 is 25.1. The second kappa shape index (κ2) is 4.71. The van der Waals surface area contributed by atoms with Crippen LogP contribution in [0.15, 0.2) is 0 Å². The zero-order chi connectivity index (χ0) is 12.5. The van der Waals surface area contributed by atoms with E-state index in [9.17, 15) is 13.2 Å². The predicted octanol–water partition coefficient (Wildman–Crippen LogP) is 0.910. The molecule has 1 rings (SSSR count). The van der Waals surface area contributed by atoms with Crippen molar-refractivity contribution < 1.29 is 18.3 Å². The summed E-state index contributed by atoms with van der Waals surface area (Å²) in [6.45, 7) is 5.42. The molecule has 0 saturated carbocycles. The van der Waals surface area contributed by atoms with E-state index < -0.39 is 27.3 Å². The Hall–Kier alpha value is -0.620. The van der Waals surface area contributed by atoms with E-state index in [0.29, 0.717) is 13.0 Å². The fourth-order valence-electron chi connectivity index (χ4n) is 1.92. The third-order valence-electron chi connectivity index (χ3n) is 3.02. The molecule has 0 amide bonds. The summed E-state index contributed by atoms with van der Waals surface area (Å²) in [4.78, 5) is 11.1. The summed E-state index contributed by atoms with van der Waals surface area (Å²) in [6.07, 6.45) is 1.14. The number of rotatable bonds is 3. The van der Waals surface area contributed by atoms with Crippen LogP contribution in [-0.2, 0) is 14.8 Å². The number of carbonyl (C=O) groups is 1. The molecule has 0 spiro atoms. The topological polar surface area (TPSA) is 74.7 Å². The van der Waals surface area contributed by atoms with E-state index in [-0.39, 0.29) is 5.92 Å². The maximum absolute atomic E-state index is 12.0. The first kappa shape index (κ1) is 13.4. The van der Waals surface area contributed by atoms with Crippen LogP contribution in [0.2, 0.25) is 0 Å². The highest BCUT2D eigenvalue weighted by Crippen LogP contribution is 2.26. The number of carboxylic acid groups (broad SMARTS) is 1. The summed E-state index contributed by atoms with van der Waals surface area (Å²) in [6, 6.07) is -0.892. The van der Waals surface area contributed by atoms with Crippen molar-refractivity contribution in [3.63, 3.8) is 0 Å².